The van der Waals surface area contributed by atoms with Crippen molar-refractivity contribution in [1.29, 1.82) is 0 Å². The number of hydrogen-bond acceptors (Lipinski definition) is 2. The van der Waals surface area contributed by atoms with Crippen molar-refractivity contribution in [2.24, 2.45) is 0 Å². The van der Waals surface area contributed by atoms with Crippen molar-refractivity contribution in [2.75, 3.05) is 7.05 Å². The number of nitrogens with one attached hydrogen (secondary N) is 2. The summed E-state index contributed by atoms with van der Waals surface area (Å²) < 4.78 is 1.10. The van der Waals surface area contributed by atoms with Gasteiger partial charge in [0.2, 0.25) is 5.71 Å². The molecule has 1 aromatic rings. The molecule has 0 aliphatic heterocycles. The number of allylic oxidation sites excluding steroid dienone is 1. The van der Waals surface area contributed by atoms with Crippen molar-refractivity contribution in [3.63, 3.8) is 0 Å². The summed E-state index contributed by atoms with van der Waals surface area (Å²) in [6.45, 7) is 3.65. The molecule has 0 atom stereocenters. The second kappa shape index (κ2) is 8.68. The quantitative estimate of drug-likeness (QED) is 0.399. The third-order valence-electron chi connectivity index (χ3n) is 1.69. The van der Waals surface area contributed by atoms with E-state index in [1.165, 1.54) is 0 Å². The van der Waals surface area contributed by atoms with Crippen LogP contribution < -0.4 is 34.3 Å². The van der Waals surface area contributed by atoms with E-state index in [2.05, 4.69) is 44.5 Å². The van der Waals surface area contributed by atoms with Gasteiger partial charge in [-0.2, -0.15) is 0 Å². The fourth-order valence-electron chi connectivity index (χ4n) is 1.06. The predicted octanol–water partition coefficient (Wildman–Crippen LogP) is -2.56. The van der Waals surface area contributed by atoms with E-state index >= 15 is 0 Å². The number of aromatic nitrogens is 1. The highest BCUT2D eigenvalue weighted by molar-refractivity contribution is 14.1. The summed E-state index contributed by atoms with van der Waals surface area (Å²) >= 11 is 2.26. The SMILES string of the molecule is C=C[NH+]=C(/C=C\NC)c1ncccc1I.[I-]. The predicted molar refractivity (Wildman–Crippen MR) is 70.4 cm³/mol. The molecule has 1 aromatic heterocycles. The number of pyridine rings is 1. The third kappa shape index (κ3) is 4.60. The van der Waals surface area contributed by atoms with Crippen LogP contribution in [0.1, 0.15) is 5.69 Å². The molecule has 0 saturated heterocycles. The van der Waals surface area contributed by atoms with E-state index in [-0.39, 0.29) is 24.0 Å². The lowest BCUT2D eigenvalue weighted by Crippen LogP contribution is -3.00. The molecule has 86 valence electrons. The molecule has 3 nitrogen and oxygen atoms in total. The average Bonchev–Trinajstić information content (AvgIpc) is 2.25. The topological polar surface area (TPSA) is 38.9 Å². The van der Waals surface area contributed by atoms with E-state index in [1.807, 2.05) is 31.5 Å². The third-order valence-corrected chi connectivity index (χ3v) is 2.56. The molecule has 16 heavy (non-hydrogen) atoms. The molecule has 0 bridgehead atoms. The van der Waals surface area contributed by atoms with Gasteiger partial charge in [0.15, 0.2) is 6.20 Å². The van der Waals surface area contributed by atoms with Gasteiger partial charge in [0.05, 0.1) is 0 Å². The maximum atomic E-state index is 4.32. The first-order valence-electron chi connectivity index (χ1n) is 4.48. The molecule has 0 saturated carbocycles. The first-order valence-corrected chi connectivity index (χ1v) is 5.56. The van der Waals surface area contributed by atoms with Crippen molar-refractivity contribution in [2.45, 2.75) is 0 Å². The van der Waals surface area contributed by atoms with Crippen molar-refractivity contribution >= 4 is 28.3 Å². The van der Waals surface area contributed by atoms with Crippen LogP contribution >= 0.6 is 22.6 Å². The fourth-order valence-corrected chi connectivity index (χ4v) is 1.69. The molecule has 0 aliphatic rings. The van der Waals surface area contributed by atoms with Gasteiger partial charge in [-0.3, -0.25) is 0 Å². The van der Waals surface area contributed by atoms with E-state index in [1.54, 1.807) is 12.4 Å². The minimum Gasteiger partial charge on any atom is -1.00 e. The molecule has 5 heteroatoms. The van der Waals surface area contributed by atoms with Crippen LogP contribution in [0, 0.1) is 3.57 Å². The summed E-state index contributed by atoms with van der Waals surface area (Å²) in [6.07, 6.45) is 7.18. The van der Waals surface area contributed by atoms with E-state index in [0.29, 0.717) is 0 Å². The first-order chi connectivity index (χ1) is 7.29. The molecule has 0 spiro atoms. The highest BCUT2D eigenvalue weighted by Gasteiger charge is 2.10. The van der Waals surface area contributed by atoms with Crippen LogP contribution in [0.3, 0.4) is 0 Å². The van der Waals surface area contributed by atoms with Crippen molar-refractivity contribution in [1.82, 2.24) is 10.3 Å². The van der Waals surface area contributed by atoms with Crippen molar-refractivity contribution in [3.8, 4) is 0 Å². The van der Waals surface area contributed by atoms with Gasteiger partial charge in [-0.25, -0.2) is 9.98 Å². The lowest BCUT2D eigenvalue weighted by Gasteiger charge is -1.97. The zero-order chi connectivity index (χ0) is 11.1. The van der Waals surface area contributed by atoms with Crippen LogP contribution in [0.4, 0.5) is 0 Å². The van der Waals surface area contributed by atoms with E-state index < -0.39 is 0 Å². The molecule has 0 fully saturated rings. The van der Waals surface area contributed by atoms with E-state index in [4.69, 9.17) is 0 Å². The zero-order valence-electron chi connectivity index (χ0n) is 8.87. The normalized spacial score (nSPS) is 11.0. The van der Waals surface area contributed by atoms with Crippen LogP contribution in [0.2, 0.25) is 0 Å². The number of hydrogen-bond donors (Lipinski definition) is 2. The van der Waals surface area contributed by atoms with Crippen LogP contribution in [0.25, 0.3) is 0 Å². The van der Waals surface area contributed by atoms with Gasteiger partial charge in [-0.15, -0.1) is 0 Å². The Balaban J connectivity index is 0.00000225. The van der Waals surface area contributed by atoms with Crippen LogP contribution in [-0.2, 0) is 0 Å². The summed E-state index contributed by atoms with van der Waals surface area (Å²) in [5.41, 5.74) is 1.84. The van der Waals surface area contributed by atoms with E-state index in [0.717, 1.165) is 15.0 Å². The van der Waals surface area contributed by atoms with Gasteiger partial charge >= 0.3 is 0 Å². The molecular weight excluding hydrogens is 428 g/mol. The molecule has 0 radical (unpaired) electrons. The summed E-state index contributed by atoms with van der Waals surface area (Å²) in [6, 6.07) is 3.93. The lowest BCUT2D eigenvalue weighted by molar-refractivity contribution is -0.370. The summed E-state index contributed by atoms with van der Waals surface area (Å²) in [5.74, 6) is 0. The second-order valence-corrected chi connectivity index (χ2v) is 3.88. The van der Waals surface area contributed by atoms with Crippen LogP contribution in [0.5, 0.6) is 0 Å². The highest BCUT2D eigenvalue weighted by Crippen LogP contribution is 2.08. The summed E-state index contributed by atoms with van der Waals surface area (Å²) in [4.78, 5) is 7.38. The molecule has 1 rings (SSSR count). The molecule has 0 unspecified atom stereocenters. The van der Waals surface area contributed by atoms with Gasteiger partial charge in [0.25, 0.3) is 0 Å². The highest BCUT2D eigenvalue weighted by atomic mass is 127. The molecule has 2 N–H and O–H groups in total. The Hall–Kier alpha value is -0.440. The first kappa shape index (κ1) is 15.6. The largest absolute Gasteiger partial charge is 1.00 e. The standard InChI is InChI=1S/C11H12IN3.HI/c1-3-14-10(6-8-13-2)11-9(12)5-4-7-15-11;/h3-8,13H,1H2,2H3;1H/b8-6-,14-10?;. The molecule has 0 aliphatic carbocycles. The monoisotopic (exact) mass is 441 g/mol. The van der Waals surface area contributed by atoms with Gasteiger partial charge < -0.3 is 29.3 Å². The maximum absolute atomic E-state index is 4.32. The van der Waals surface area contributed by atoms with Crippen LogP contribution in [0.15, 0.2) is 43.4 Å². The smallest absolute Gasteiger partial charge is 0.231 e. The van der Waals surface area contributed by atoms with Crippen molar-refractivity contribution < 1.29 is 29.0 Å². The molecule has 1 heterocycles. The van der Waals surface area contributed by atoms with Gasteiger partial charge in [-0.1, -0.05) is 0 Å². The number of nitrogens with zero attached hydrogens (tertiary/aromatic N) is 1. The Morgan fingerprint density at radius 3 is 2.94 bits per heavy atom. The summed E-state index contributed by atoms with van der Waals surface area (Å²) in [7, 11) is 1.85. The second-order valence-electron chi connectivity index (χ2n) is 2.72. The molecule has 0 amide bonds. The average molecular weight is 441 g/mol. The maximum Gasteiger partial charge on any atom is 0.231 e. The number of halogens is 2. The summed E-state index contributed by atoms with van der Waals surface area (Å²) in [5, 5.41) is 2.94. The van der Waals surface area contributed by atoms with Crippen molar-refractivity contribution in [3.05, 3.63) is 52.6 Å². The minimum atomic E-state index is 0. The Morgan fingerprint density at radius 1 is 1.62 bits per heavy atom. The van der Waals surface area contributed by atoms with Gasteiger partial charge in [0, 0.05) is 29.1 Å². The zero-order valence-corrected chi connectivity index (χ0v) is 13.2. The van der Waals surface area contributed by atoms with E-state index in [9.17, 15) is 0 Å². The minimum absolute atomic E-state index is 0. The lowest BCUT2D eigenvalue weighted by atomic mass is 10.2. The van der Waals surface area contributed by atoms with Crippen LogP contribution in [-0.4, -0.2) is 17.7 Å². The Morgan fingerprint density at radius 2 is 2.38 bits per heavy atom. The Kier molecular flexibility index (Phi) is 8.44. The number of rotatable bonds is 4. The van der Waals surface area contributed by atoms with Gasteiger partial charge in [0.1, 0.15) is 5.69 Å². The Labute approximate surface area is 126 Å². The molecular formula is C11H13I2N3. The van der Waals surface area contributed by atoms with Gasteiger partial charge in [-0.05, 0) is 41.3 Å². The fraction of sp³-hybridized carbons (Fsp3) is 0.0909. The molecule has 0 aromatic carbocycles. The Bertz CT molecular complexity index is 400.